The molecular formula is C9H12ClO4P. The zero-order valence-corrected chi connectivity index (χ0v) is 9.78. The maximum Gasteiger partial charge on any atom is 0.365 e. The lowest BCUT2D eigenvalue weighted by atomic mass is 10.3. The summed E-state index contributed by atoms with van der Waals surface area (Å²) in [5.74, 6) is -0.855. The van der Waals surface area contributed by atoms with Crippen LogP contribution in [0.5, 0.6) is 5.75 Å². The first-order valence-corrected chi connectivity index (χ1v) is 6.47. The van der Waals surface area contributed by atoms with E-state index >= 15 is 0 Å². The maximum absolute atomic E-state index is 11.0. The molecule has 1 aromatic carbocycles. The highest BCUT2D eigenvalue weighted by Crippen LogP contribution is 2.44. The molecule has 0 aromatic heterocycles. The summed E-state index contributed by atoms with van der Waals surface area (Å²) in [6.07, 6.45) is 0.218. The summed E-state index contributed by atoms with van der Waals surface area (Å²) in [4.78, 5) is 17.9. The lowest BCUT2D eigenvalue weighted by Gasteiger charge is -2.19. The van der Waals surface area contributed by atoms with E-state index in [2.05, 4.69) is 0 Å². The Morgan fingerprint density at radius 2 is 2.07 bits per heavy atom. The van der Waals surface area contributed by atoms with Crippen molar-refractivity contribution in [3.05, 3.63) is 29.3 Å². The fourth-order valence-electron chi connectivity index (χ4n) is 1.08. The summed E-state index contributed by atoms with van der Waals surface area (Å²) in [6.45, 7) is 1.64. The maximum atomic E-state index is 11.0. The summed E-state index contributed by atoms with van der Waals surface area (Å²) in [5.41, 5.74) is 0. The molecule has 4 nitrogen and oxygen atoms in total. The van der Waals surface area contributed by atoms with E-state index in [1.54, 1.807) is 31.2 Å². The Morgan fingerprint density at radius 1 is 1.47 bits per heavy atom. The van der Waals surface area contributed by atoms with Gasteiger partial charge in [-0.2, -0.15) is 0 Å². The Bertz CT molecular complexity index is 376. The van der Waals surface area contributed by atoms with Gasteiger partial charge in [0.25, 0.3) is 0 Å². The van der Waals surface area contributed by atoms with E-state index in [1.165, 1.54) is 0 Å². The van der Waals surface area contributed by atoms with Crippen molar-refractivity contribution in [2.24, 2.45) is 0 Å². The van der Waals surface area contributed by atoms with Crippen LogP contribution in [0.1, 0.15) is 13.3 Å². The Morgan fingerprint density at radius 3 is 2.53 bits per heavy atom. The minimum Gasteiger partial charge on any atom is -0.476 e. The normalized spacial score (nSPS) is 13.6. The smallest absolute Gasteiger partial charge is 0.365 e. The second kappa shape index (κ2) is 4.99. The van der Waals surface area contributed by atoms with E-state index in [0.29, 0.717) is 5.02 Å². The van der Waals surface area contributed by atoms with Gasteiger partial charge in [-0.05, 0) is 18.6 Å². The first-order valence-electron chi connectivity index (χ1n) is 4.41. The van der Waals surface area contributed by atoms with E-state index in [4.69, 9.17) is 26.1 Å². The van der Waals surface area contributed by atoms with Gasteiger partial charge in [-0.1, -0.05) is 30.7 Å². The van der Waals surface area contributed by atoms with Crippen molar-refractivity contribution < 1.29 is 19.1 Å². The third-order valence-corrected chi connectivity index (χ3v) is 3.36. The van der Waals surface area contributed by atoms with E-state index in [1.807, 2.05) is 0 Å². The monoisotopic (exact) mass is 250 g/mol. The van der Waals surface area contributed by atoms with E-state index < -0.39 is 13.4 Å². The molecule has 1 aromatic rings. The Labute approximate surface area is 93.0 Å². The molecule has 15 heavy (non-hydrogen) atoms. The predicted molar refractivity (Wildman–Crippen MR) is 58.2 cm³/mol. The minimum atomic E-state index is -4.24. The van der Waals surface area contributed by atoms with Crippen LogP contribution in [0.3, 0.4) is 0 Å². The molecule has 0 heterocycles. The molecule has 0 aliphatic carbocycles. The second-order valence-electron chi connectivity index (χ2n) is 3.00. The molecule has 0 radical (unpaired) electrons. The van der Waals surface area contributed by atoms with Crippen molar-refractivity contribution in [3.8, 4) is 5.75 Å². The SMILES string of the molecule is CCC(Oc1ccccc1Cl)P(=O)(O)O. The van der Waals surface area contributed by atoms with Gasteiger partial charge in [0.1, 0.15) is 5.75 Å². The Kier molecular flexibility index (Phi) is 4.17. The summed E-state index contributed by atoms with van der Waals surface area (Å²) in [5, 5.41) is 0.337. The molecule has 2 N–H and O–H groups in total. The number of benzene rings is 1. The largest absolute Gasteiger partial charge is 0.476 e. The van der Waals surface area contributed by atoms with Gasteiger partial charge in [-0.3, -0.25) is 4.57 Å². The van der Waals surface area contributed by atoms with E-state index in [-0.39, 0.29) is 12.2 Å². The summed E-state index contributed by atoms with van der Waals surface area (Å²) < 4.78 is 16.2. The number of ether oxygens (including phenoxy) is 1. The minimum absolute atomic E-state index is 0.218. The highest BCUT2D eigenvalue weighted by atomic mass is 35.5. The van der Waals surface area contributed by atoms with Crippen LogP contribution in [0.25, 0.3) is 0 Å². The summed E-state index contributed by atoms with van der Waals surface area (Å²) in [6, 6.07) is 6.57. The Balaban J connectivity index is 2.85. The fraction of sp³-hybridized carbons (Fsp3) is 0.333. The zero-order chi connectivity index (χ0) is 11.5. The molecule has 6 heteroatoms. The third-order valence-electron chi connectivity index (χ3n) is 1.82. The lowest BCUT2D eigenvalue weighted by Crippen LogP contribution is -2.15. The second-order valence-corrected chi connectivity index (χ2v) is 5.16. The van der Waals surface area contributed by atoms with Crippen LogP contribution >= 0.6 is 19.2 Å². The molecule has 0 aliphatic heterocycles. The predicted octanol–water partition coefficient (Wildman–Crippen LogP) is 2.63. The van der Waals surface area contributed by atoms with Crippen molar-refractivity contribution in [3.63, 3.8) is 0 Å². The highest BCUT2D eigenvalue weighted by Gasteiger charge is 2.29. The van der Waals surface area contributed by atoms with Crippen molar-refractivity contribution in [2.45, 2.75) is 19.2 Å². The van der Waals surface area contributed by atoms with Gasteiger partial charge in [0.2, 0.25) is 0 Å². The van der Waals surface area contributed by atoms with Crippen molar-refractivity contribution in [2.75, 3.05) is 0 Å². The van der Waals surface area contributed by atoms with Gasteiger partial charge in [-0.15, -0.1) is 0 Å². The number of hydrogen-bond donors (Lipinski definition) is 2. The molecule has 0 saturated heterocycles. The van der Waals surface area contributed by atoms with E-state index in [9.17, 15) is 4.57 Å². The number of hydrogen-bond acceptors (Lipinski definition) is 2. The average Bonchev–Trinajstić information content (AvgIpc) is 2.14. The van der Waals surface area contributed by atoms with Crippen molar-refractivity contribution in [1.82, 2.24) is 0 Å². The van der Waals surface area contributed by atoms with Gasteiger partial charge in [0.05, 0.1) is 5.02 Å². The molecular weight excluding hydrogens is 239 g/mol. The summed E-state index contributed by atoms with van der Waals surface area (Å²) >= 11 is 5.80. The third kappa shape index (κ3) is 3.50. The fourth-order valence-corrected chi connectivity index (χ4v) is 1.98. The molecule has 1 unspecified atom stereocenters. The first-order chi connectivity index (χ1) is 6.95. The highest BCUT2D eigenvalue weighted by molar-refractivity contribution is 7.52. The van der Waals surface area contributed by atoms with Crippen LogP contribution in [0.15, 0.2) is 24.3 Å². The van der Waals surface area contributed by atoms with Gasteiger partial charge in [0, 0.05) is 0 Å². The molecule has 0 spiro atoms. The first kappa shape index (κ1) is 12.5. The van der Waals surface area contributed by atoms with Crippen LogP contribution in [0.2, 0.25) is 5.02 Å². The summed E-state index contributed by atoms with van der Waals surface area (Å²) in [7, 11) is -4.24. The van der Waals surface area contributed by atoms with Crippen LogP contribution < -0.4 is 4.74 Å². The van der Waals surface area contributed by atoms with Gasteiger partial charge in [-0.25, -0.2) is 0 Å². The molecule has 1 atom stereocenters. The quantitative estimate of drug-likeness (QED) is 0.806. The number of para-hydroxylation sites is 1. The van der Waals surface area contributed by atoms with Gasteiger partial charge in [0.15, 0.2) is 5.85 Å². The van der Waals surface area contributed by atoms with Crippen LogP contribution in [-0.4, -0.2) is 15.6 Å². The van der Waals surface area contributed by atoms with E-state index in [0.717, 1.165) is 0 Å². The van der Waals surface area contributed by atoms with Crippen LogP contribution in [0.4, 0.5) is 0 Å². The van der Waals surface area contributed by atoms with Crippen molar-refractivity contribution in [1.29, 1.82) is 0 Å². The van der Waals surface area contributed by atoms with Gasteiger partial charge >= 0.3 is 7.60 Å². The molecule has 0 bridgehead atoms. The lowest BCUT2D eigenvalue weighted by molar-refractivity contribution is 0.219. The van der Waals surface area contributed by atoms with Gasteiger partial charge < -0.3 is 14.5 Å². The van der Waals surface area contributed by atoms with Crippen LogP contribution in [0, 0.1) is 0 Å². The molecule has 0 saturated carbocycles. The van der Waals surface area contributed by atoms with Crippen molar-refractivity contribution >= 4 is 19.2 Å². The number of halogens is 1. The average molecular weight is 251 g/mol. The topological polar surface area (TPSA) is 66.8 Å². The molecule has 0 amide bonds. The zero-order valence-electron chi connectivity index (χ0n) is 8.13. The Hall–Kier alpha value is -0.540. The standard InChI is InChI=1S/C9H12ClO4P/c1-2-9(15(11,12)13)14-8-6-4-3-5-7(8)10/h3-6,9H,2H2,1H3,(H2,11,12,13). The molecule has 0 fully saturated rings. The molecule has 84 valence electrons. The molecule has 0 aliphatic rings. The van der Waals surface area contributed by atoms with Crippen LogP contribution in [-0.2, 0) is 4.57 Å². The molecule has 1 rings (SSSR count). The number of rotatable bonds is 4.